The van der Waals surface area contributed by atoms with Gasteiger partial charge < -0.3 is 4.74 Å². The van der Waals surface area contributed by atoms with E-state index in [4.69, 9.17) is 16.3 Å². The number of carbonyl (C=O) groups is 1. The van der Waals surface area contributed by atoms with Gasteiger partial charge in [0, 0.05) is 10.0 Å². The van der Waals surface area contributed by atoms with E-state index in [0.717, 1.165) is 4.47 Å². The number of halogens is 2. The first-order valence-electron chi connectivity index (χ1n) is 4.05. The fourth-order valence-corrected chi connectivity index (χ4v) is 1.77. The Morgan fingerprint density at radius 2 is 2.27 bits per heavy atom. The second-order valence-electron chi connectivity index (χ2n) is 2.82. The highest BCUT2D eigenvalue weighted by Gasteiger charge is 2.14. The van der Waals surface area contributed by atoms with Gasteiger partial charge in [-0.3, -0.25) is 4.79 Å². The number of aldehydes is 1. The molecule has 0 N–H and O–H groups in total. The molecule has 1 aliphatic rings. The number of fused-ring (bicyclic) bond motifs is 1. The van der Waals surface area contributed by atoms with E-state index in [-0.39, 0.29) is 5.57 Å². The van der Waals surface area contributed by atoms with E-state index in [1.165, 1.54) is 0 Å². The van der Waals surface area contributed by atoms with Crippen LogP contribution in [0.3, 0.4) is 0 Å². The van der Waals surface area contributed by atoms with Crippen LogP contribution in [0.15, 0.2) is 28.2 Å². The molecule has 1 aromatic carbocycles. The van der Waals surface area contributed by atoms with Crippen LogP contribution in [0, 0.1) is 12.0 Å². The summed E-state index contributed by atoms with van der Waals surface area (Å²) in [6, 6.07) is 5.33. The number of hydrogen-bond donors (Lipinski definition) is 0. The van der Waals surface area contributed by atoms with Crippen LogP contribution in [0.1, 0.15) is 5.56 Å². The lowest BCUT2D eigenvalue weighted by molar-refractivity contribution is -0.104. The lowest BCUT2D eigenvalue weighted by Crippen LogP contribution is -1.87. The van der Waals surface area contributed by atoms with Crippen LogP contribution in [0.25, 0.3) is 5.03 Å². The van der Waals surface area contributed by atoms with E-state index in [9.17, 15) is 4.79 Å². The number of benzene rings is 1. The third-order valence-corrected chi connectivity index (χ3v) is 2.78. The predicted octanol–water partition coefficient (Wildman–Crippen LogP) is 2.95. The van der Waals surface area contributed by atoms with E-state index < -0.39 is 0 Å². The second-order valence-corrected chi connectivity index (χ2v) is 4.11. The molecule has 4 heteroatoms. The van der Waals surface area contributed by atoms with Gasteiger partial charge in [0.2, 0.25) is 0 Å². The summed E-state index contributed by atoms with van der Waals surface area (Å²) in [5.41, 5.74) is 0.886. The molecule has 2 rings (SSSR count). The first-order valence-corrected chi connectivity index (χ1v) is 5.22. The van der Waals surface area contributed by atoms with Crippen molar-refractivity contribution in [2.24, 2.45) is 0 Å². The standard InChI is InChI=1S/C11H4BrClO2/c12-8-1-2-9-10(5-8)15-4-3-7(6-14)11(9)13/h1-2,5-6H. The fraction of sp³-hybridized carbons (Fsp3) is 0. The molecule has 0 spiro atoms. The molecule has 0 aromatic heterocycles. The zero-order valence-corrected chi connectivity index (χ0v) is 9.72. The van der Waals surface area contributed by atoms with Gasteiger partial charge in [0.25, 0.3) is 0 Å². The summed E-state index contributed by atoms with van der Waals surface area (Å²) in [6.45, 7) is 0. The van der Waals surface area contributed by atoms with E-state index in [0.29, 0.717) is 22.6 Å². The highest BCUT2D eigenvalue weighted by molar-refractivity contribution is 9.10. The second kappa shape index (κ2) is 4.09. The maximum Gasteiger partial charge on any atom is 0.160 e. The Hall–Kier alpha value is -1.24. The van der Waals surface area contributed by atoms with Crippen molar-refractivity contribution in [2.75, 3.05) is 0 Å². The van der Waals surface area contributed by atoms with Crippen LogP contribution in [0.5, 0.6) is 5.75 Å². The molecule has 2 nitrogen and oxygen atoms in total. The summed E-state index contributed by atoms with van der Waals surface area (Å²) in [7, 11) is 0. The van der Waals surface area contributed by atoms with Crippen molar-refractivity contribution < 1.29 is 9.53 Å². The fourth-order valence-electron chi connectivity index (χ4n) is 1.18. The van der Waals surface area contributed by atoms with Gasteiger partial charge in [-0.1, -0.05) is 27.5 Å². The summed E-state index contributed by atoms with van der Waals surface area (Å²) < 4.78 is 6.02. The molecule has 1 aliphatic heterocycles. The average molecular weight is 284 g/mol. The van der Waals surface area contributed by atoms with Crippen LogP contribution in [0.4, 0.5) is 0 Å². The molecular formula is C11H4BrClO2. The van der Waals surface area contributed by atoms with Crippen molar-refractivity contribution in [3.8, 4) is 17.8 Å². The van der Waals surface area contributed by atoms with Crippen LogP contribution in [-0.2, 0) is 4.79 Å². The highest BCUT2D eigenvalue weighted by atomic mass is 79.9. The Morgan fingerprint density at radius 1 is 1.47 bits per heavy atom. The zero-order valence-electron chi connectivity index (χ0n) is 7.38. The van der Waals surface area contributed by atoms with Gasteiger partial charge in [-0.2, -0.15) is 0 Å². The minimum Gasteiger partial charge on any atom is -0.406 e. The molecule has 0 amide bonds. The Kier molecular flexibility index (Phi) is 2.81. The molecule has 0 aliphatic carbocycles. The molecular weight excluding hydrogens is 279 g/mol. The predicted molar refractivity (Wildman–Crippen MR) is 61.4 cm³/mol. The van der Waals surface area contributed by atoms with Crippen molar-refractivity contribution in [3.63, 3.8) is 0 Å². The van der Waals surface area contributed by atoms with Crippen LogP contribution in [0.2, 0.25) is 0 Å². The molecule has 0 radical (unpaired) electrons. The van der Waals surface area contributed by atoms with Crippen molar-refractivity contribution in [1.29, 1.82) is 0 Å². The number of carbonyl (C=O) groups excluding carboxylic acids is 1. The van der Waals surface area contributed by atoms with E-state index in [2.05, 4.69) is 28.0 Å². The molecule has 1 aromatic rings. The molecule has 0 unspecified atom stereocenters. The normalized spacial score (nSPS) is 13.2. The molecule has 0 saturated heterocycles. The first kappa shape index (κ1) is 10.3. The van der Waals surface area contributed by atoms with E-state index in [1.54, 1.807) is 12.1 Å². The lowest BCUT2D eigenvalue weighted by Gasteiger charge is -2.04. The number of rotatable bonds is 1. The average Bonchev–Trinajstić information content (AvgIpc) is 2.37. The van der Waals surface area contributed by atoms with Gasteiger partial charge in [0.05, 0.1) is 10.6 Å². The third-order valence-electron chi connectivity index (χ3n) is 1.88. The summed E-state index contributed by atoms with van der Waals surface area (Å²) >= 11 is 9.33. The van der Waals surface area contributed by atoms with Crippen LogP contribution < -0.4 is 4.74 Å². The number of allylic oxidation sites excluding steroid dienone is 1. The highest BCUT2D eigenvalue weighted by Crippen LogP contribution is 2.34. The van der Waals surface area contributed by atoms with Gasteiger partial charge in [-0.15, -0.1) is 0 Å². The Bertz CT molecular complexity index is 523. The molecule has 0 bridgehead atoms. The smallest absolute Gasteiger partial charge is 0.160 e. The van der Waals surface area contributed by atoms with Crippen LogP contribution >= 0.6 is 27.5 Å². The third kappa shape index (κ3) is 1.92. The summed E-state index contributed by atoms with van der Waals surface area (Å²) in [4.78, 5) is 10.7. The number of hydrogen-bond acceptors (Lipinski definition) is 2. The van der Waals surface area contributed by atoms with Crippen molar-refractivity contribution in [1.82, 2.24) is 0 Å². The molecule has 0 saturated carbocycles. The SMILES string of the molecule is O=CC1=C(Cl)c2ccc(Br)cc2OC#C1. The van der Waals surface area contributed by atoms with E-state index in [1.807, 2.05) is 6.07 Å². The maximum absolute atomic E-state index is 10.7. The minimum atomic E-state index is 0.234. The van der Waals surface area contributed by atoms with Crippen molar-refractivity contribution in [3.05, 3.63) is 33.8 Å². The topological polar surface area (TPSA) is 26.3 Å². The van der Waals surface area contributed by atoms with E-state index >= 15 is 0 Å². The largest absolute Gasteiger partial charge is 0.406 e. The maximum atomic E-state index is 10.7. The summed E-state index contributed by atoms with van der Waals surface area (Å²) in [5, 5.41) is 0.317. The summed E-state index contributed by atoms with van der Waals surface area (Å²) in [5.74, 6) is 3.08. The lowest BCUT2D eigenvalue weighted by atomic mass is 10.1. The molecule has 1 heterocycles. The van der Waals surface area contributed by atoms with Gasteiger partial charge in [-0.05, 0) is 24.1 Å². The Balaban J connectivity index is 2.67. The number of ether oxygens (including phenoxy) is 1. The van der Waals surface area contributed by atoms with Gasteiger partial charge in [-0.25, -0.2) is 0 Å². The molecule has 15 heavy (non-hydrogen) atoms. The van der Waals surface area contributed by atoms with Crippen molar-refractivity contribution in [2.45, 2.75) is 0 Å². The quantitative estimate of drug-likeness (QED) is 0.585. The monoisotopic (exact) mass is 282 g/mol. The zero-order chi connectivity index (χ0) is 10.8. The molecule has 0 atom stereocenters. The molecule has 74 valence electrons. The first-order chi connectivity index (χ1) is 7.22. The molecule has 0 fully saturated rings. The van der Waals surface area contributed by atoms with Crippen molar-refractivity contribution >= 4 is 38.8 Å². The Labute approximate surface area is 100 Å². The van der Waals surface area contributed by atoms with Gasteiger partial charge in [0.15, 0.2) is 6.29 Å². The Morgan fingerprint density at radius 3 is 3.00 bits per heavy atom. The van der Waals surface area contributed by atoms with Gasteiger partial charge in [0.1, 0.15) is 11.9 Å². The summed E-state index contributed by atoms with van der Waals surface area (Å²) in [6.07, 6.45) is 3.04. The van der Waals surface area contributed by atoms with Gasteiger partial charge >= 0.3 is 0 Å². The minimum absolute atomic E-state index is 0.234. The van der Waals surface area contributed by atoms with Crippen LogP contribution in [-0.4, -0.2) is 6.29 Å².